The van der Waals surface area contributed by atoms with Crippen molar-refractivity contribution in [3.63, 3.8) is 0 Å². The lowest BCUT2D eigenvalue weighted by Crippen LogP contribution is -1.94. The van der Waals surface area contributed by atoms with Crippen molar-refractivity contribution in [1.29, 1.82) is 0 Å². The third kappa shape index (κ3) is 2.86. The van der Waals surface area contributed by atoms with Crippen LogP contribution in [-0.4, -0.2) is 16.0 Å². The number of aliphatic carboxylic acids is 1. The van der Waals surface area contributed by atoms with E-state index in [2.05, 4.69) is 15.9 Å². The normalized spacial score (nSPS) is 10.6. The van der Waals surface area contributed by atoms with Crippen LogP contribution in [0.25, 0.3) is 6.08 Å². The standard InChI is InChI=1S/C9H5BrFNO4/c10-6-3-5(1-2-9(13)14)8(12(15)16)4-7(6)11/h1-4H,(H,13,14)/b2-1+. The lowest BCUT2D eigenvalue weighted by Gasteiger charge is -1.99. The van der Waals surface area contributed by atoms with Gasteiger partial charge >= 0.3 is 5.97 Å². The molecule has 0 aromatic heterocycles. The van der Waals surface area contributed by atoms with Gasteiger partial charge in [0, 0.05) is 6.08 Å². The second-order valence-electron chi connectivity index (χ2n) is 2.75. The maximum Gasteiger partial charge on any atom is 0.328 e. The third-order valence-corrected chi connectivity index (χ3v) is 2.28. The molecule has 7 heteroatoms. The summed E-state index contributed by atoms with van der Waals surface area (Å²) in [5.74, 6) is -2.02. The number of hydrogen-bond donors (Lipinski definition) is 1. The second-order valence-corrected chi connectivity index (χ2v) is 3.61. The maximum absolute atomic E-state index is 13.0. The Morgan fingerprint density at radius 2 is 2.19 bits per heavy atom. The molecule has 0 aliphatic heterocycles. The molecule has 0 bridgehead atoms. The summed E-state index contributed by atoms with van der Waals surface area (Å²) < 4.78 is 13.1. The van der Waals surface area contributed by atoms with Gasteiger partial charge in [-0.2, -0.15) is 0 Å². The zero-order valence-electron chi connectivity index (χ0n) is 7.68. The Morgan fingerprint density at radius 1 is 1.56 bits per heavy atom. The predicted molar refractivity (Wildman–Crippen MR) is 57.4 cm³/mol. The molecule has 0 heterocycles. The number of nitrogens with zero attached hydrogens (tertiary/aromatic N) is 1. The highest BCUT2D eigenvalue weighted by Crippen LogP contribution is 2.27. The van der Waals surface area contributed by atoms with Crippen molar-refractivity contribution in [3.05, 3.63) is 44.2 Å². The van der Waals surface area contributed by atoms with Crippen LogP contribution in [0.2, 0.25) is 0 Å². The highest BCUT2D eigenvalue weighted by atomic mass is 79.9. The van der Waals surface area contributed by atoms with Crippen molar-refractivity contribution in [2.75, 3.05) is 0 Å². The number of carboxylic acid groups (broad SMARTS) is 1. The Bertz CT molecular complexity index is 487. The minimum absolute atomic E-state index is 0.0145. The first-order valence-electron chi connectivity index (χ1n) is 3.96. The first kappa shape index (κ1) is 12.3. The third-order valence-electron chi connectivity index (χ3n) is 1.67. The Balaban J connectivity index is 3.30. The van der Waals surface area contributed by atoms with E-state index in [1.807, 2.05) is 0 Å². The van der Waals surface area contributed by atoms with E-state index >= 15 is 0 Å². The Kier molecular flexibility index (Phi) is 3.73. The smallest absolute Gasteiger partial charge is 0.328 e. The van der Waals surface area contributed by atoms with Gasteiger partial charge < -0.3 is 5.11 Å². The molecule has 0 saturated heterocycles. The van der Waals surface area contributed by atoms with E-state index in [-0.39, 0.29) is 10.0 Å². The van der Waals surface area contributed by atoms with Gasteiger partial charge in [-0.1, -0.05) is 0 Å². The van der Waals surface area contributed by atoms with E-state index < -0.39 is 22.4 Å². The van der Waals surface area contributed by atoms with Gasteiger partial charge in [0.05, 0.1) is 21.0 Å². The van der Waals surface area contributed by atoms with Gasteiger partial charge in [0.25, 0.3) is 5.69 Å². The van der Waals surface area contributed by atoms with Crippen LogP contribution in [-0.2, 0) is 4.79 Å². The largest absolute Gasteiger partial charge is 0.478 e. The molecule has 0 saturated carbocycles. The van der Waals surface area contributed by atoms with Crippen LogP contribution in [0.15, 0.2) is 22.7 Å². The van der Waals surface area contributed by atoms with E-state index in [9.17, 15) is 19.3 Å². The van der Waals surface area contributed by atoms with E-state index in [0.717, 1.165) is 24.3 Å². The predicted octanol–water partition coefficient (Wildman–Crippen LogP) is 2.59. The van der Waals surface area contributed by atoms with Crippen LogP contribution >= 0.6 is 15.9 Å². The fourth-order valence-corrected chi connectivity index (χ4v) is 1.37. The van der Waals surface area contributed by atoms with Crippen LogP contribution in [0, 0.1) is 15.9 Å². The first-order chi connectivity index (χ1) is 7.41. The van der Waals surface area contributed by atoms with Crippen molar-refractivity contribution in [3.8, 4) is 0 Å². The quantitative estimate of drug-likeness (QED) is 0.527. The van der Waals surface area contributed by atoms with E-state index in [4.69, 9.17) is 5.11 Å². The molecule has 0 unspecified atom stereocenters. The van der Waals surface area contributed by atoms with Crippen LogP contribution in [0.1, 0.15) is 5.56 Å². The van der Waals surface area contributed by atoms with Gasteiger partial charge in [-0.3, -0.25) is 10.1 Å². The molecule has 5 nitrogen and oxygen atoms in total. The molecule has 0 fully saturated rings. The van der Waals surface area contributed by atoms with Gasteiger partial charge in [0.15, 0.2) is 0 Å². The minimum Gasteiger partial charge on any atom is -0.478 e. The van der Waals surface area contributed by atoms with Gasteiger partial charge in [0.1, 0.15) is 5.82 Å². The number of halogens is 2. The molecular weight excluding hydrogens is 285 g/mol. The fourth-order valence-electron chi connectivity index (χ4n) is 1.00. The van der Waals surface area contributed by atoms with Crippen molar-refractivity contribution < 1.29 is 19.2 Å². The molecule has 84 valence electrons. The molecule has 0 radical (unpaired) electrons. The summed E-state index contributed by atoms with van der Waals surface area (Å²) in [5.41, 5.74) is -0.473. The van der Waals surface area contributed by atoms with Gasteiger partial charge in [0.2, 0.25) is 0 Å². The summed E-state index contributed by atoms with van der Waals surface area (Å²) >= 11 is 2.86. The lowest BCUT2D eigenvalue weighted by molar-refractivity contribution is -0.385. The molecule has 1 rings (SSSR count). The van der Waals surface area contributed by atoms with Crippen LogP contribution in [0.3, 0.4) is 0 Å². The number of hydrogen-bond acceptors (Lipinski definition) is 3. The molecule has 16 heavy (non-hydrogen) atoms. The molecule has 1 N–H and O–H groups in total. The Morgan fingerprint density at radius 3 is 2.69 bits per heavy atom. The first-order valence-corrected chi connectivity index (χ1v) is 4.75. The van der Waals surface area contributed by atoms with Crippen LogP contribution in [0.5, 0.6) is 0 Å². The summed E-state index contributed by atoms with van der Waals surface area (Å²) in [5, 5.41) is 19.0. The monoisotopic (exact) mass is 289 g/mol. The van der Waals surface area contributed by atoms with Crippen molar-refractivity contribution in [2.45, 2.75) is 0 Å². The summed E-state index contributed by atoms with van der Waals surface area (Å²) in [6.07, 6.45) is 1.78. The highest BCUT2D eigenvalue weighted by molar-refractivity contribution is 9.10. The van der Waals surface area contributed by atoms with Crippen molar-refractivity contribution in [2.24, 2.45) is 0 Å². The van der Waals surface area contributed by atoms with Gasteiger partial charge in [-0.05, 0) is 28.1 Å². The molecule has 0 aliphatic rings. The van der Waals surface area contributed by atoms with Crippen LogP contribution < -0.4 is 0 Å². The van der Waals surface area contributed by atoms with Gasteiger partial charge in [-0.15, -0.1) is 0 Å². The van der Waals surface area contributed by atoms with Crippen LogP contribution in [0.4, 0.5) is 10.1 Å². The topological polar surface area (TPSA) is 80.4 Å². The number of nitro benzene ring substituents is 1. The maximum atomic E-state index is 13.0. The minimum atomic E-state index is -1.24. The van der Waals surface area contributed by atoms with Gasteiger partial charge in [-0.25, -0.2) is 9.18 Å². The van der Waals surface area contributed by atoms with Crippen molar-refractivity contribution in [1.82, 2.24) is 0 Å². The molecule has 0 amide bonds. The lowest BCUT2D eigenvalue weighted by atomic mass is 10.1. The van der Waals surface area contributed by atoms with Crippen molar-refractivity contribution >= 4 is 33.7 Å². The molecule has 0 atom stereocenters. The SMILES string of the molecule is O=C(O)/C=C/c1cc(Br)c(F)cc1[N+](=O)[O-]. The van der Waals surface area contributed by atoms with E-state index in [1.54, 1.807) is 0 Å². The van der Waals surface area contributed by atoms with E-state index in [1.165, 1.54) is 0 Å². The zero-order chi connectivity index (χ0) is 12.3. The number of benzene rings is 1. The summed E-state index contributed by atoms with van der Waals surface area (Å²) in [4.78, 5) is 20.1. The average Bonchev–Trinajstić information content (AvgIpc) is 2.18. The second kappa shape index (κ2) is 4.84. The number of carboxylic acids is 1. The number of carbonyl (C=O) groups is 1. The average molecular weight is 290 g/mol. The molecular formula is C9H5BrFNO4. The molecule has 0 spiro atoms. The fraction of sp³-hybridized carbons (Fsp3) is 0. The highest BCUT2D eigenvalue weighted by Gasteiger charge is 2.15. The Hall–Kier alpha value is -1.76. The summed E-state index contributed by atoms with van der Waals surface area (Å²) in [6, 6.07) is 1.87. The summed E-state index contributed by atoms with van der Waals surface area (Å²) in [6.45, 7) is 0. The molecule has 0 aliphatic carbocycles. The number of rotatable bonds is 3. The van der Waals surface area contributed by atoms with E-state index in [0.29, 0.717) is 0 Å². The zero-order valence-corrected chi connectivity index (χ0v) is 9.27. The molecule has 1 aromatic carbocycles. The summed E-state index contributed by atoms with van der Waals surface area (Å²) in [7, 11) is 0. The Labute approximate surface area is 97.5 Å². The number of nitro groups is 1. The molecule has 1 aromatic rings.